The normalized spacial score (nSPS) is 25.2. The summed E-state index contributed by atoms with van der Waals surface area (Å²) in [5, 5.41) is 13.0. The van der Waals surface area contributed by atoms with Crippen LogP contribution in [0.2, 0.25) is 10.0 Å². The lowest BCUT2D eigenvalue weighted by molar-refractivity contribution is -0.143. The number of aliphatic carboxylic acids is 1. The van der Waals surface area contributed by atoms with E-state index < -0.39 is 11.4 Å². The summed E-state index contributed by atoms with van der Waals surface area (Å²) >= 11 is 11.9. The van der Waals surface area contributed by atoms with Crippen LogP contribution in [0.5, 0.6) is 0 Å². The lowest BCUT2D eigenvalue weighted by Crippen LogP contribution is -2.35. The number of amides is 1. The average molecular weight is 328 g/mol. The maximum absolute atomic E-state index is 12.1. The number of nitrogens with one attached hydrogen (secondary N) is 1. The number of hydrogen-bond donors (Lipinski definition) is 2. The lowest BCUT2D eigenvalue weighted by atomic mass is 10.1. The van der Waals surface area contributed by atoms with Gasteiger partial charge in [-0.05, 0) is 48.9 Å². The number of halogens is 2. The van der Waals surface area contributed by atoms with Crippen molar-refractivity contribution in [1.82, 2.24) is 5.32 Å². The van der Waals surface area contributed by atoms with Crippen molar-refractivity contribution in [1.29, 1.82) is 0 Å². The molecule has 0 spiro atoms. The van der Waals surface area contributed by atoms with Gasteiger partial charge in [0.25, 0.3) is 0 Å². The minimum atomic E-state index is -0.822. The van der Waals surface area contributed by atoms with E-state index >= 15 is 0 Å². The van der Waals surface area contributed by atoms with Crippen molar-refractivity contribution in [2.75, 3.05) is 6.54 Å². The molecule has 21 heavy (non-hydrogen) atoms. The molecule has 2 fully saturated rings. The molecule has 1 amide bonds. The Balaban J connectivity index is 1.57. The van der Waals surface area contributed by atoms with Crippen molar-refractivity contribution < 1.29 is 14.7 Å². The van der Waals surface area contributed by atoms with Crippen LogP contribution < -0.4 is 5.32 Å². The second-order valence-electron chi connectivity index (χ2n) is 5.95. The summed E-state index contributed by atoms with van der Waals surface area (Å²) in [5.74, 6) is -0.884. The predicted molar refractivity (Wildman–Crippen MR) is 79.6 cm³/mol. The summed E-state index contributed by atoms with van der Waals surface area (Å²) < 4.78 is 0. The van der Waals surface area contributed by atoms with Gasteiger partial charge in [0.05, 0.1) is 5.41 Å². The quantitative estimate of drug-likeness (QED) is 0.873. The number of carbonyl (C=O) groups excluding carboxylic acids is 1. The highest BCUT2D eigenvalue weighted by Gasteiger charge is 2.51. The van der Waals surface area contributed by atoms with Crippen molar-refractivity contribution >= 4 is 35.1 Å². The SMILES string of the molecule is O=C(NCC1(C(=O)O)CC1)C1CC1c1cc(Cl)cc(Cl)c1. The first kappa shape index (κ1) is 14.7. The van der Waals surface area contributed by atoms with Gasteiger partial charge in [-0.3, -0.25) is 9.59 Å². The van der Waals surface area contributed by atoms with Gasteiger partial charge in [0.1, 0.15) is 0 Å². The molecular formula is C15H15Cl2NO3. The summed E-state index contributed by atoms with van der Waals surface area (Å²) in [6, 6.07) is 5.31. The molecule has 0 saturated heterocycles. The molecule has 3 rings (SSSR count). The Hall–Kier alpha value is -1.26. The highest BCUT2D eigenvalue weighted by atomic mass is 35.5. The summed E-state index contributed by atoms with van der Waals surface area (Å²) in [5.41, 5.74) is 0.242. The van der Waals surface area contributed by atoms with Crippen molar-refractivity contribution in [3.63, 3.8) is 0 Å². The third-order valence-corrected chi connectivity index (χ3v) is 4.78. The standard InChI is InChI=1S/C15H15Cl2NO3/c16-9-3-8(4-10(17)5-9)11-6-12(11)13(19)18-7-15(1-2-15)14(20)21/h3-5,11-12H,1-2,6-7H2,(H,18,19)(H,20,21). The molecule has 2 aliphatic rings. The van der Waals surface area contributed by atoms with E-state index in [-0.39, 0.29) is 24.3 Å². The number of benzene rings is 1. The van der Waals surface area contributed by atoms with Gasteiger partial charge in [-0.2, -0.15) is 0 Å². The van der Waals surface area contributed by atoms with Gasteiger partial charge < -0.3 is 10.4 Å². The Morgan fingerprint density at radius 1 is 1.24 bits per heavy atom. The summed E-state index contributed by atoms with van der Waals surface area (Å²) in [7, 11) is 0. The Kier molecular flexibility index (Phi) is 3.62. The second kappa shape index (κ2) is 5.18. The van der Waals surface area contributed by atoms with E-state index in [1.54, 1.807) is 6.07 Å². The molecule has 4 nitrogen and oxygen atoms in total. The average Bonchev–Trinajstić information content (AvgIpc) is 3.28. The predicted octanol–water partition coefficient (Wildman–Crippen LogP) is 3.08. The fourth-order valence-corrected chi connectivity index (χ4v) is 3.19. The molecule has 2 N–H and O–H groups in total. The monoisotopic (exact) mass is 327 g/mol. The zero-order chi connectivity index (χ0) is 15.2. The fraction of sp³-hybridized carbons (Fsp3) is 0.467. The van der Waals surface area contributed by atoms with Gasteiger partial charge in [-0.25, -0.2) is 0 Å². The molecule has 2 aliphatic carbocycles. The van der Waals surface area contributed by atoms with Crippen LogP contribution in [0.4, 0.5) is 0 Å². The van der Waals surface area contributed by atoms with E-state index in [4.69, 9.17) is 28.3 Å². The molecule has 0 aliphatic heterocycles. The van der Waals surface area contributed by atoms with Crippen LogP contribution in [0.1, 0.15) is 30.7 Å². The molecule has 1 aromatic carbocycles. The zero-order valence-corrected chi connectivity index (χ0v) is 12.7. The van der Waals surface area contributed by atoms with E-state index in [0.29, 0.717) is 22.9 Å². The lowest BCUT2D eigenvalue weighted by Gasteiger charge is -2.11. The van der Waals surface area contributed by atoms with E-state index in [1.807, 2.05) is 12.1 Å². The maximum atomic E-state index is 12.1. The number of hydrogen-bond acceptors (Lipinski definition) is 2. The first-order chi connectivity index (χ1) is 9.91. The van der Waals surface area contributed by atoms with Crippen molar-refractivity contribution in [3.8, 4) is 0 Å². The first-order valence-corrected chi connectivity index (χ1v) is 7.64. The molecule has 6 heteroatoms. The molecule has 2 saturated carbocycles. The molecule has 112 valence electrons. The second-order valence-corrected chi connectivity index (χ2v) is 6.83. The Morgan fingerprint density at radius 3 is 2.38 bits per heavy atom. The maximum Gasteiger partial charge on any atom is 0.311 e. The van der Waals surface area contributed by atoms with E-state index in [1.165, 1.54) is 0 Å². The molecule has 2 unspecified atom stereocenters. The third-order valence-electron chi connectivity index (χ3n) is 4.35. The van der Waals surface area contributed by atoms with Crippen LogP contribution in [-0.4, -0.2) is 23.5 Å². The van der Waals surface area contributed by atoms with Crippen LogP contribution in [-0.2, 0) is 9.59 Å². The fourth-order valence-electron chi connectivity index (χ4n) is 2.65. The highest BCUT2D eigenvalue weighted by Crippen LogP contribution is 2.49. The van der Waals surface area contributed by atoms with Gasteiger partial charge in [0.15, 0.2) is 0 Å². The van der Waals surface area contributed by atoms with Crippen LogP contribution >= 0.6 is 23.2 Å². The van der Waals surface area contributed by atoms with Crippen LogP contribution in [0.3, 0.4) is 0 Å². The van der Waals surface area contributed by atoms with Crippen molar-refractivity contribution in [2.45, 2.75) is 25.2 Å². The largest absolute Gasteiger partial charge is 0.481 e. The van der Waals surface area contributed by atoms with E-state index in [0.717, 1.165) is 12.0 Å². The Labute approximate surface area is 132 Å². The van der Waals surface area contributed by atoms with Gasteiger partial charge in [-0.1, -0.05) is 23.2 Å². The molecule has 0 bridgehead atoms. The van der Waals surface area contributed by atoms with Crippen LogP contribution in [0.15, 0.2) is 18.2 Å². The highest BCUT2D eigenvalue weighted by molar-refractivity contribution is 6.34. The van der Waals surface area contributed by atoms with Crippen LogP contribution in [0.25, 0.3) is 0 Å². The van der Waals surface area contributed by atoms with E-state index in [9.17, 15) is 9.59 Å². The van der Waals surface area contributed by atoms with Crippen molar-refractivity contribution in [2.24, 2.45) is 11.3 Å². The number of carboxylic acids is 1. The zero-order valence-electron chi connectivity index (χ0n) is 11.2. The summed E-state index contributed by atoms with van der Waals surface area (Å²) in [4.78, 5) is 23.1. The minimum Gasteiger partial charge on any atom is -0.481 e. The molecule has 0 radical (unpaired) electrons. The van der Waals surface area contributed by atoms with Gasteiger partial charge in [0, 0.05) is 22.5 Å². The van der Waals surface area contributed by atoms with Gasteiger partial charge in [0.2, 0.25) is 5.91 Å². The van der Waals surface area contributed by atoms with Gasteiger partial charge in [-0.15, -0.1) is 0 Å². The third kappa shape index (κ3) is 3.01. The Morgan fingerprint density at radius 2 is 1.86 bits per heavy atom. The number of rotatable bonds is 5. The van der Waals surface area contributed by atoms with Crippen LogP contribution in [0, 0.1) is 11.3 Å². The summed E-state index contributed by atoms with van der Waals surface area (Å²) in [6.45, 7) is 0.223. The Bertz CT molecular complexity index is 593. The summed E-state index contributed by atoms with van der Waals surface area (Å²) in [6.07, 6.45) is 2.03. The number of carbonyl (C=O) groups is 2. The minimum absolute atomic E-state index is 0.0800. The van der Waals surface area contributed by atoms with Gasteiger partial charge >= 0.3 is 5.97 Å². The molecule has 1 aromatic rings. The molecule has 2 atom stereocenters. The molecular weight excluding hydrogens is 313 g/mol. The first-order valence-electron chi connectivity index (χ1n) is 6.88. The molecule has 0 heterocycles. The topological polar surface area (TPSA) is 66.4 Å². The molecule has 0 aromatic heterocycles. The van der Waals surface area contributed by atoms with E-state index in [2.05, 4.69) is 5.32 Å². The van der Waals surface area contributed by atoms with Crippen molar-refractivity contribution in [3.05, 3.63) is 33.8 Å². The smallest absolute Gasteiger partial charge is 0.311 e. The number of carboxylic acid groups (broad SMARTS) is 1.